The van der Waals surface area contributed by atoms with Crippen molar-refractivity contribution in [2.45, 2.75) is 6.92 Å². The van der Waals surface area contributed by atoms with E-state index in [1.165, 1.54) is 22.2 Å². The van der Waals surface area contributed by atoms with Crippen LogP contribution >= 0.6 is 0 Å². The van der Waals surface area contributed by atoms with Gasteiger partial charge in [0.2, 0.25) is 0 Å². The number of hydrogen-bond acceptors (Lipinski definition) is 1. The summed E-state index contributed by atoms with van der Waals surface area (Å²) in [5.74, 6) is 0. The highest BCUT2D eigenvalue weighted by Crippen LogP contribution is 2.31. The van der Waals surface area contributed by atoms with Crippen molar-refractivity contribution < 1.29 is 0 Å². The first kappa shape index (κ1) is 12.8. The van der Waals surface area contributed by atoms with Crippen molar-refractivity contribution in [3.05, 3.63) is 78.6 Å². The monoisotopic (exact) mass is 284 g/mol. The van der Waals surface area contributed by atoms with Crippen LogP contribution in [0.3, 0.4) is 0 Å². The van der Waals surface area contributed by atoms with Gasteiger partial charge in [0.05, 0.1) is 5.69 Å². The number of aromatic amines is 1. The molecule has 0 bridgehead atoms. The highest BCUT2D eigenvalue weighted by atomic mass is 14.7. The van der Waals surface area contributed by atoms with Crippen LogP contribution in [0.4, 0.5) is 0 Å². The van der Waals surface area contributed by atoms with E-state index in [1.54, 1.807) is 0 Å². The molecule has 0 unspecified atom stereocenters. The van der Waals surface area contributed by atoms with Crippen molar-refractivity contribution in [2.75, 3.05) is 0 Å². The number of rotatable bonds is 2. The quantitative estimate of drug-likeness (QED) is 0.538. The van der Waals surface area contributed by atoms with E-state index >= 15 is 0 Å². The molecule has 2 nitrogen and oxygen atoms in total. The molecule has 0 fully saturated rings. The number of nitrogens with one attached hydrogen (secondary N) is 1. The smallest absolute Gasteiger partial charge is 0.0780 e. The highest BCUT2D eigenvalue weighted by molar-refractivity contribution is 5.89. The van der Waals surface area contributed by atoms with Crippen LogP contribution in [0.25, 0.3) is 33.3 Å². The Morgan fingerprint density at radius 2 is 1.68 bits per heavy atom. The van der Waals surface area contributed by atoms with Crippen molar-refractivity contribution >= 4 is 10.9 Å². The summed E-state index contributed by atoms with van der Waals surface area (Å²) in [6.07, 6.45) is 1.85. The fourth-order valence-corrected chi connectivity index (χ4v) is 2.91. The Labute approximate surface area is 129 Å². The maximum absolute atomic E-state index is 4.60. The van der Waals surface area contributed by atoms with Crippen LogP contribution in [0.15, 0.2) is 72.9 Å². The van der Waals surface area contributed by atoms with Crippen molar-refractivity contribution in [3.8, 4) is 22.4 Å². The number of H-pyrrole nitrogens is 1. The van der Waals surface area contributed by atoms with Crippen molar-refractivity contribution in [1.29, 1.82) is 0 Å². The average Bonchev–Trinajstić information content (AvgIpc) is 2.95. The zero-order valence-electron chi connectivity index (χ0n) is 12.4. The molecule has 2 aromatic heterocycles. The standard InChI is InChI=1S/C20H16N2/c1-14-12-17-13-16(9-10-19(17)22-14)18-8-5-11-21-20(18)15-6-3-2-4-7-15/h2-13,22H,1H3. The average molecular weight is 284 g/mol. The van der Waals surface area contributed by atoms with Crippen LogP contribution < -0.4 is 0 Å². The third kappa shape index (κ3) is 2.19. The minimum absolute atomic E-state index is 1.02. The second-order valence-electron chi connectivity index (χ2n) is 5.52. The fourth-order valence-electron chi connectivity index (χ4n) is 2.91. The zero-order valence-corrected chi connectivity index (χ0v) is 12.4. The first-order valence-electron chi connectivity index (χ1n) is 7.41. The van der Waals surface area contributed by atoms with Gasteiger partial charge in [-0.15, -0.1) is 0 Å². The summed E-state index contributed by atoms with van der Waals surface area (Å²) in [6.45, 7) is 2.08. The molecule has 0 spiro atoms. The topological polar surface area (TPSA) is 28.7 Å². The van der Waals surface area contributed by atoms with Crippen LogP contribution in [-0.2, 0) is 0 Å². The molecular weight excluding hydrogens is 268 g/mol. The van der Waals surface area contributed by atoms with Crippen LogP contribution in [0.5, 0.6) is 0 Å². The van der Waals surface area contributed by atoms with Crippen LogP contribution in [0.1, 0.15) is 5.69 Å². The molecule has 0 radical (unpaired) electrons. The van der Waals surface area contributed by atoms with E-state index in [1.807, 2.05) is 30.5 Å². The lowest BCUT2D eigenvalue weighted by Crippen LogP contribution is -1.88. The van der Waals surface area contributed by atoms with E-state index < -0.39 is 0 Å². The first-order chi connectivity index (χ1) is 10.8. The molecule has 106 valence electrons. The van der Waals surface area contributed by atoms with Gasteiger partial charge in [0.25, 0.3) is 0 Å². The fraction of sp³-hybridized carbons (Fsp3) is 0.0500. The molecule has 0 atom stereocenters. The summed E-state index contributed by atoms with van der Waals surface area (Å²) in [5.41, 5.74) is 6.87. The molecule has 0 aliphatic carbocycles. The second-order valence-corrected chi connectivity index (χ2v) is 5.52. The molecule has 0 saturated heterocycles. The van der Waals surface area contributed by atoms with Crippen molar-refractivity contribution in [1.82, 2.24) is 9.97 Å². The summed E-state index contributed by atoms with van der Waals surface area (Å²) in [7, 11) is 0. The zero-order chi connectivity index (χ0) is 14.9. The summed E-state index contributed by atoms with van der Waals surface area (Å²) < 4.78 is 0. The number of aryl methyl sites for hydroxylation is 1. The van der Waals surface area contributed by atoms with Gasteiger partial charge in [-0.25, -0.2) is 0 Å². The van der Waals surface area contributed by atoms with Crippen molar-refractivity contribution in [2.24, 2.45) is 0 Å². The Morgan fingerprint density at radius 3 is 2.55 bits per heavy atom. The second kappa shape index (κ2) is 5.15. The Balaban J connectivity index is 1.91. The van der Waals surface area contributed by atoms with Gasteiger partial charge in [-0.05, 0) is 36.8 Å². The van der Waals surface area contributed by atoms with Gasteiger partial charge in [0, 0.05) is 33.9 Å². The van der Waals surface area contributed by atoms with Gasteiger partial charge >= 0.3 is 0 Å². The lowest BCUT2D eigenvalue weighted by atomic mass is 9.98. The Bertz CT molecular complexity index is 936. The summed E-state index contributed by atoms with van der Waals surface area (Å²) in [5, 5.41) is 1.23. The SMILES string of the molecule is Cc1cc2cc(-c3cccnc3-c3ccccc3)ccc2[nH]1. The van der Waals surface area contributed by atoms with Crippen LogP contribution in [-0.4, -0.2) is 9.97 Å². The Kier molecular flexibility index (Phi) is 3.01. The van der Waals surface area contributed by atoms with E-state index in [0.717, 1.165) is 16.8 Å². The molecule has 4 aromatic rings. The number of benzene rings is 2. The third-order valence-electron chi connectivity index (χ3n) is 3.92. The van der Waals surface area contributed by atoms with Gasteiger partial charge < -0.3 is 4.98 Å². The number of hydrogen-bond donors (Lipinski definition) is 1. The molecule has 1 N–H and O–H groups in total. The predicted octanol–water partition coefficient (Wildman–Crippen LogP) is 5.21. The van der Waals surface area contributed by atoms with E-state index in [-0.39, 0.29) is 0 Å². The summed E-state index contributed by atoms with van der Waals surface area (Å²) in [6, 6.07) is 23.2. The van der Waals surface area contributed by atoms with E-state index in [2.05, 4.69) is 59.4 Å². The molecule has 2 heterocycles. The maximum Gasteiger partial charge on any atom is 0.0780 e. The molecule has 2 aromatic carbocycles. The number of pyridine rings is 1. The summed E-state index contributed by atoms with van der Waals surface area (Å²) in [4.78, 5) is 7.97. The molecule has 0 amide bonds. The van der Waals surface area contributed by atoms with Gasteiger partial charge in [0.1, 0.15) is 0 Å². The molecule has 0 aliphatic rings. The largest absolute Gasteiger partial charge is 0.359 e. The van der Waals surface area contributed by atoms with Gasteiger partial charge in [0.15, 0.2) is 0 Å². The van der Waals surface area contributed by atoms with E-state index in [0.29, 0.717) is 0 Å². The normalized spacial score (nSPS) is 11.0. The number of nitrogens with zero attached hydrogens (tertiary/aromatic N) is 1. The lowest BCUT2D eigenvalue weighted by molar-refractivity contribution is 1.30. The molecule has 2 heteroatoms. The van der Waals surface area contributed by atoms with E-state index in [4.69, 9.17) is 0 Å². The molecule has 0 saturated carbocycles. The Morgan fingerprint density at radius 1 is 0.818 bits per heavy atom. The van der Waals surface area contributed by atoms with Gasteiger partial charge in [-0.1, -0.05) is 42.5 Å². The number of fused-ring (bicyclic) bond motifs is 1. The number of aromatic nitrogens is 2. The molecule has 0 aliphatic heterocycles. The molecule has 22 heavy (non-hydrogen) atoms. The molecule has 4 rings (SSSR count). The minimum atomic E-state index is 1.02. The predicted molar refractivity (Wildman–Crippen MR) is 91.7 cm³/mol. The molecular formula is C20H16N2. The van der Waals surface area contributed by atoms with E-state index in [9.17, 15) is 0 Å². The van der Waals surface area contributed by atoms with Gasteiger partial charge in [-0.3, -0.25) is 4.98 Å². The van der Waals surface area contributed by atoms with Crippen LogP contribution in [0, 0.1) is 6.92 Å². The third-order valence-corrected chi connectivity index (χ3v) is 3.92. The maximum atomic E-state index is 4.60. The summed E-state index contributed by atoms with van der Waals surface area (Å²) >= 11 is 0. The highest BCUT2D eigenvalue weighted by Gasteiger charge is 2.09. The van der Waals surface area contributed by atoms with Crippen molar-refractivity contribution in [3.63, 3.8) is 0 Å². The minimum Gasteiger partial charge on any atom is -0.359 e. The Hall–Kier alpha value is -2.87. The van der Waals surface area contributed by atoms with Crippen LogP contribution in [0.2, 0.25) is 0 Å². The lowest BCUT2D eigenvalue weighted by Gasteiger charge is -2.09. The van der Waals surface area contributed by atoms with Gasteiger partial charge in [-0.2, -0.15) is 0 Å². The first-order valence-corrected chi connectivity index (χ1v) is 7.41.